The SMILES string of the molecule is CC(=O)Oc1ccc(N2C(=O)CC(N(CCc3ccccc3)C(=O)c3cccc([N+](=O)[O-])c3)C2=O)cc1. The molecule has 4 rings (SSSR count). The van der Waals surface area contributed by atoms with Crippen LogP contribution >= 0.6 is 0 Å². The summed E-state index contributed by atoms with van der Waals surface area (Å²) in [6, 6.07) is 19.4. The molecule has 3 aromatic carbocycles. The van der Waals surface area contributed by atoms with Crippen LogP contribution in [0.2, 0.25) is 0 Å². The smallest absolute Gasteiger partial charge is 0.308 e. The third kappa shape index (κ3) is 5.69. The van der Waals surface area contributed by atoms with Crippen LogP contribution in [0.4, 0.5) is 11.4 Å². The summed E-state index contributed by atoms with van der Waals surface area (Å²) in [4.78, 5) is 64.0. The van der Waals surface area contributed by atoms with Gasteiger partial charge < -0.3 is 9.64 Å². The summed E-state index contributed by atoms with van der Waals surface area (Å²) in [5, 5.41) is 11.2. The summed E-state index contributed by atoms with van der Waals surface area (Å²) in [6.07, 6.45) is 0.177. The maximum atomic E-state index is 13.5. The first-order valence-corrected chi connectivity index (χ1v) is 11.5. The Labute approximate surface area is 212 Å². The van der Waals surface area contributed by atoms with Crippen molar-refractivity contribution in [1.82, 2.24) is 4.90 Å². The molecule has 0 aromatic heterocycles. The third-order valence-electron chi connectivity index (χ3n) is 5.90. The molecule has 0 N–H and O–H groups in total. The molecule has 0 radical (unpaired) electrons. The lowest BCUT2D eigenvalue weighted by Gasteiger charge is -2.28. The number of nitro benzene ring substituents is 1. The minimum absolute atomic E-state index is 0.0479. The molecule has 37 heavy (non-hydrogen) atoms. The average molecular weight is 501 g/mol. The number of ether oxygens (including phenoxy) is 1. The lowest BCUT2D eigenvalue weighted by atomic mass is 10.1. The van der Waals surface area contributed by atoms with Crippen LogP contribution in [0.15, 0.2) is 78.9 Å². The number of benzene rings is 3. The van der Waals surface area contributed by atoms with E-state index < -0.39 is 34.7 Å². The molecule has 1 aliphatic rings. The number of anilines is 1. The molecule has 0 saturated carbocycles. The molecule has 1 saturated heterocycles. The van der Waals surface area contributed by atoms with E-state index in [4.69, 9.17) is 4.74 Å². The molecule has 1 atom stereocenters. The van der Waals surface area contributed by atoms with Crippen LogP contribution in [-0.2, 0) is 20.8 Å². The number of non-ortho nitro benzene ring substituents is 1. The Hall–Kier alpha value is -4.86. The van der Waals surface area contributed by atoms with Crippen molar-refractivity contribution < 1.29 is 28.8 Å². The van der Waals surface area contributed by atoms with Gasteiger partial charge in [0.25, 0.3) is 17.5 Å². The van der Waals surface area contributed by atoms with Gasteiger partial charge in [0, 0.05) is 31.2 Å². The van der Waals surface area contributed by atoms with Crippen molar-refractivity contribution in [2.24, 2.45) is 0 Å². The maximum Gasteiger partial charge on any atom is 0.308 e. The second-order valence-electron chi connectivity index (χ2n) is 8.42. The van der Waals surface area contributed by atoms with E-state index in [9.17, 15) is 29.3 Å². The summed E-state index contributed by atoms with van der Waals surface area (Å²) >= 11 is 0. The zero-order valence-corrected chi connectivity index (χ0v) is 19.9. The van der Waals surface area contributed by atoms with E-state index in [0.717, 1.165) is 16.5 Å². The number of carbonyl (C=O) groups is 4. The molecular weight excluding hydrogens is 478 g/mol. The predicted molar refractivity (Wildman–Crippen MR) is 133 cm³/mol. The monoisotopic (exact) mass is 501 g/mol. The third-order valence-corrected chi connectivity index (χ3v) is 5.90. The molecule has 1 heterocycles. The van der Waals surface area contributed by atoms with Crippen molar-refractivity contribution >= 4 is 35.1 Å². The van der Waals surface area contributed by atoms with Crippen LogP contribution in [0.5, 0.6) is 5.75 Å². The highest BCUT2D eigenvalue weighted by Gasteiger charge is 2.44. The van der Waals surface area contributed by atoms with Crippen molar-refractivity contribution in [3.63, 3.8) is 0 Å². The van der Waals surface area contributed by atoms with Gasteiger partial charge in [-0.15, -0.1) is 0 Å². The fourth-order valence-electron chi connectivity index (χ4n) is 4.17. The van der Waals surface area contributed by atoms with Gasteiger partial charge in [-0.25, -0.2) is 4.90 Å². The minimum atomic E-state index is -1.09. The lowest BCUT2D eigenvalue weighted by Crippen LogP contribution is -2.46. The van der Waals surface area contributed by atoms with Gasteiger partial charge in [0.2, 0.25) is 5.91 Å². The Kier molecular flexibility index (Phi) is 7.38. The fraction of sp³-hybridized carbons (Fsp3) is 0.185. The van der Waals surface area contributed by atoms with Gasteiger partial charge in [-0.2, -0.15) is 0 Å². The van der Waals surface area contributed by atoms with Crippen LogP contribution in [0.25, 0.3) is 0 Å². The Morgan fingerprint density at radius 1 is 1.03 bits per heavy atom. The Morgan fingerprint density at radius 3 is 2.38 bits per heavy atom. The van der Waals surface area contributed by atoms with Gasteiger partial charge in [-0.05, 0) is 42.3 Å². The Bertz CT molecular complexity index is 1360. The zero-order valence-electron chi connectivity index (χ0n) is 19.9. The molecule has 1 fully saturated rings. The van der Waals surface area contributed by atoms with Crippen molar-refractivity contribution in [2.45, 2.75) is 25.8 Å². The predicted octanol–water partition coefficient (Wildman–Crippen LogP) is 3.54. The quantitative estimate of drug-likeness (QED) is 0.152. The molecule has 10 nitrogen and oxygen atoms in total. The largest absolute Gasteiger partial charge is 0.427 e. The molecule has 1 aliphatic heterocycles. The maximum absolute atomic E-state index is 13.5. The van der Waals surface area contributed by atoms with Crippen LogP contribution in [0.1, 0.15) is 29.3 Å². The Balaban J connectivity index is 1.63. The highest BCUT2D eigenvalue weighted by Crippen LogP contribution is 2.29. The number of esters is 1. The molecule has 0 spiro atoms. The number of carbonyl (C=O) groups excluding carboxylic acids is 4. The van der Waals surface area contributed by atoms with E-state index in [-0.39, 0.29) is 35.7 Å². The van der Waals surface area contributed by atoms with Crippen molar-refractivity contribution in [1.29, 1.82) is 0 Å². The van der Waals surface area contributed by atoms with Gasteiger partial charge in [0.15, 0.2) is 0 Å². The highest BCUT2D eigenvalue weighted by molar-refractivity contribution is 6.23. The first-order valence-electron chi connectivity index (χ1n) is 11.5. The van der Waals surface area contributed by atoms with Gasteiger partial charge >= 0.3 is 5.97 Å². The highest BCUT2D eigenvalue weighted by atomic mass is 16.6. The van der Waals surface area contributed by atoms with E-state index in [1.54, 1.807) is 0 Å². The fourth-order valence-corrected chi connectivity index (χ4v) is 4.17. The number of rotatable bonds is 8. The van der Waals surface area contributed by atoms with E-state index in [1.807, 2.05) is 30.3 Å². The zero-order chi connectivity index (χ0) is 26.5. The second kappa shape index (κ2) is 10.8. The lowest BCUT2D eigenvalue weighted by molar-refractivity contribution is -0.384. The minimum Gasteiger partial charge on any atom is -0.427 e. The summed E-state index contributed by atoms with van der Waals surface area (Å²) in [6.45, 7) is 1.38. The van der Waals surface area contributed by atoms with E-state index in [1.165, 1.54) is 54.3 Å². The molecule has 3 amide bonds. The molecular formula is C27H23N3O7. The van der Waals surface area contributed by atoms with Crippen LogP contribution in [0, 0.1) is 10.1 Å². The van der Waals surface area contributed by atoms with Crippen LogP contribution < -0.4 is 9.64 Å². The number of nitro groups is 1. The van der Waals surface area contributed by atoms with Crippen molar-refractivity contribution in [3.8, 4) is 5.75 Å². The molecule has 0 bridgehead atoms. The molecule has 188 valence electrons. The summed E-state index contributed by atoms with van der Waals surface area (Å²) in [5.41, 5.74) is 0.997. The normalized spacial score (nSPS) is 14.9. The van der Waals surface area contributed by atoms with Gasteiger partial charge in [0.1, 0.15) is 11.8 Å². The van der Waals surface area contributed by atoms with E-state index in [2.05, 4.69) is 0 Å². The number of nitrogens with zero attached hydrogens (tertiary/aromatic N) is 3. The number of imide groups is 1. The molecule has 3 aromatic rings. The molecule has 10 heteroatoms. The molecule has 0 aliphatic carbocycles. The summed E-state index contributed by atoms with van der Waals surface area (Å²) < 4.78 is 5.00. The topological polar surface area (TPSA) is 127 Å². The summed E-state index contributed by atoms with van der Waals surface area (Å²) in [5.74, 6) is -1.91. The molecule has 1 unspecified atom stereocenters. The van der Waals surface area contributed by atoms with Crippen molar-refractivity contribution in [2.75, 3.05) is 11.4 Å². The van der Waals surface area contributed by atoms with Gasteiger partial charge in [-0.1, -0.05) is 36.4 Å². The Morgan fingerprint density at radius 2 is 1.73 bits per heavy atom. The van der Waals surface area contributed by atoms with Crippen molar-refractivity contribution in [3.05, 3.63) is 100 Å². The van der Waals surface area contributed by atoms with E-state index in [0.29, 0.717) is 6.42 Å². The standard InChI is InChI=1S/C27H23N3O7/c1-18(31)37-23-12-10-21(11-13-23)29-25(32)17-24(27(29)34)28(15-14-19-6-3-2-4-7-19)26(33)20-8-5-9-22(16-20)30(35)36/h2-13,16,24H,14-15,17H2,1H3. The van der Waals surface area contributed by atoms with E-state index >= 15 is 0 Å². The second-order valence-corrected chi connectivity index (χ2v) is 8.42. The number of hydrogen-bond donors (Lipinski definition) is 0. The number of hydrogen-bond acceptors (Lipinski definition) is 7. The number of amides is 3. The van der Waals surface area contributed by atoms with Gasteiger partial charge in [0.05, 0.1) is 17.0 Å². The first-order chi connectivity index (χ1) is 17.7. The van der Waals surface area contributed by atoms with Crippen LogP contribution in [0.3, 0.4) is 0 Å². The average Bonchev–Trinajstić information content (AvgIpc) is 3.18. The van der Waals surface area contributed by atoms with Crippen LogP contribution in [-0.4, -0.2) is 46.1 Å². The summed E-state index contributed by atoms with van der Waals surface area (Å²) in [7, 11) is 0. The first kappa shape index (κ1) is 25.2. The van der Waals surface area contributed by atoms with Gasteiger partial charge in [-0.3, -0.25) is 29.3 Å².